The molecule has 1 aliphatic rings. The van der Waals surface area contributed by atoms with Crippen LogP contribution in [0.2, 0.25) is 0 Å². The summed E-state index contributed by atoms with van der Waals surface area (Å²) in [6.45, 7) is 4.00. The van der Waals surface area contributed by atoms with Crippen molar-refractivity contribution in [3.8, 4) is 0 Å². The number of aromatic nitrogens is 2. The first-order valence-corrected chi connectivity index (χ1v) is 9.03. The zero-order valence-corrected chi connectivity index (χ0v) is 15.8. The highest BCUT2D eigenvalue weighted by Gasteiger charge is 2.12. The molecule has 144 valence electrons. The molecule has 1 aliphatic heterocycles. The van der Waals surface area contributed by atoms with E-state index < -0.39 is 0 Å². The molecule has 2 aromatic rings. The van der Waals surface area contributed by atoms with Crippen LogP contribution < -0.4 is 20.4 Å². The van der Waals surface area contributed by atoms with E-state index in [1.807, 2.05) is 43.3 Å². The smallest absolute Gasteiger partial charge is 0.315 e. The monoisotopic (exact) mass is 370 g/mol. The first kappa shape index (κ1) is 18.9. The van der Waals surface area contributed by atoms with Crippen LogP contribution in [-0.2, 0) is 17.8 Å². The van der Waals surface area contributed by atoms with Gasteiger partial charge in [0.15, 0.2) is 0 Å². The van der Waals surface area contributed by atoms with Crippen molar-refractivity contribution in [2.75, 3.05) is 50.2 Å². The maximum atomic E-state index is 12.1. The van der Waals surface area contributed by atoms with Crippen molar-refractivity contribution in [3.05, 3.63) is 47.8 Å². The lowest BCUT2D eigenvalue weighted by Crippen LogP contribution is -2.37. The van der Waals surface area contributed by atoms with Crippen LogP contribution in [0.5, 0.6) is 0 Å². The number of hydrogen-bond donors (Lipinski definition) is 2. The predicted molar refractivity (Wildman–Crippen MR) is 105 cm³/mol. The van der Waals surface area contributed by atoms with E-state index in [0.29, 0.717) is 13.1 Å². The lowest BCUT2D eigenvalue weighted by molar-refractivity contribution is 0.122. The van der Waals surface area contributed by atoms with Gasteiger partial charge in [-0.3, -0.25) is 0 Å². The number of carbonyl (C=O) groups excluding carboxylic acids is 1. The summed E-state index contributed by atoms with van der Waals surface area (Å²) in [5.74, 6) is 1.81. The number of urea groups is 1. The Morgan fingerprint density at radius 1 is 1.11 bits per heavy atom. The summed E-state index contributed by atoms with van der Waals surface area (Å²) in [5.41, 5.74) is 1.97. The van der Waals surface area contributed by atoms with Crippen molar-refractivity contribution in [1.82, 2.24) is 20.6 Å². The first-order chi connectivity index (χ1) is 13.1. The molecule has 2 N–H and O–H groups in total. The molecule has 0 bridgehead atoms. The average Bonchev–Trinajstić information content (AvgIpc) is 2.72. The fourth-order valence-electron chi connectivity index (χ4n) is 2.75. The van der Waals surface area contributed by atoms with E-state index in [4.69, 9.17) is 4.74 Å². The standard InChI is InChI=1S/C19H26N6O2/c1-24(2)17-4-3-16(13-21-17)14-23-19(26)22-12-15-5-6-20-18(11-15)25-7-9-27-10-8-25/h3-6,11,13H,7-10,12,14H2,1-2H3,(H2,22,23,26). The summed E-state index contributed by atoms with van der Waals surface area (Å²) in [5, 5.41) is 5.73. The minimum absolute atomic E-state index is 0.212. The number of pyridine rings is 2. The topological polar surface area (TPSA) is 82.6 Å². The van der Waals surface area contributed by atoms with Gasteiger partial charge in [0, 0.05) is 52.7 Å². The number of anilines is 2. The molecule has 0 radical (unpaired) electrons. The van der Waals surface area contributed by atoms with Crippen LogP contribution in [0.4, 0.5) is 16.4 Å². The van der Waals surface area contributed by atoms with Gasteiger partial charge in [0.25, 0.3) is 0 Å². The predicted octanol–water partition coefficient (Wildman–Crippen LogP) is 1.38. The SMILES string of the molecule is CN(C)c1ccc(CNC(=O)NCc2ccnc(N3CCOCC3)c2)cn1. The van der Waals surface area contributed by atoms with E-state index in [1.165, 1.54) is 0 Å². The quantitative estimate of drug-likeness (QED) is 0.799. The van der Waals surface area contributed by atoms with Crippen LogP contribution in [0, 0.1) is 0 Å². The molecule has 27 heavy (non-hydrogen) atoms. The Balaban J connectivity index is 1.46. The first-order valence-electron chi connectivity index (χ1n) is 9.03. The van der Waals surface area contributed by atoms with E-state index in [1.54, 1.807) is 12.4 Å². The Labute approximate surface area is 159 Å². The maximum absolute atomic E-state index is 12.1. The zero-order valence-electron chi connectivity index (χ0n) is 15.8. The van der Waals surface area contributed by atoms with E-state index in [2.05, 4.69) is 25.5 Å². The van der Waals surface area contributed by atoms with Gasteiger partial charge in [-0.25, -0.2) is 14.8 Å². The fourth-order valence-corrected chi connectivity index (χ4v) is 2.75. The second-order valence-electron chi connectivity index (χ2n) is 6.58. The van der Waals surface area contributed by atoms with Crippen LogP contribution in [0.1, 0.15) is 11.1 Å². The Morgan fingerprint density at radius 2 is 1.85 bits per heavy atom. The number of nitrogens with zero attached hydrogens (tertiary/aromatic N) is 4. The van der Waals surface area contributed by atoms with Gasteiger partial charge < -0.3 is 25.2 Å². The van der Waals surface area contributed by atoms with E-state index in [-0.39, 0.29) is 6.03 Å². The molecule has 0 atom stereocenters. The van der Waals surface area contributed by atoms with Gasteiger partial charge in [-0.15, -0.1) is 0 Å². The molecule has 0 aliphatic carbocycles. The van der Waals surface area contributed by atoms with Crippen LogP contribution >= 0.6 is 0 Å². The van der Waals surface area contributed by atoms with E-state index in [0.717, 1.165) is 49.1 Å². The largest absolute Gasteiger partial charge is 0.378 e. The molecule has 2 amide bonds. The lowest BCUT2D eigenvalue weighted by atomic mass is 10.2. The van der Waals surface area contributed by atoms with Crippen molar-refractivity contribution in [3.63, 3.8) is 0 Å². The number of ether oxygens (including phenoxy) is 1. The highest BCUT2D eigenvalue weighted by Crippen LogP contribution is 2.14. The molecule has 1 fully saturated rings. The Hall–Kier alpha value is -2.87. The van der Waals surface area contributed by atoms with Crippen LogP contribution in [0.15, 0.2) is 36.7 Å². The Bertz CT molecular complexity index is 744. The van der Waals surface area contributed by atoms with Crippen molar-refractivity contribution in [2.24, 2.45) is 0 Å². The van der Waals surface area contributed by atoms with Crippen molar-refractivity contribution < 1.29 is 9.53 Å². The number of amides is 2. The molecule has 8 heteroatoms. The number of morpholine rings is 1. The third-order valence-corrected chi connectivity index (χ3v) is 4.32. The highest BCUT2D eigenvalue weighted by molar-refractivity contribution is 5.73. The van der Waals surface area contributed by atoms with Crippen LogP contribution in [0.25, 0.3) is 0 Å². The van der Waals surface area contributed by atoms with Gasteiger partial charge in [0.2, 0.25) is 0 Å². The lowest BCUT2D eigenvalue weighted by Gasteiger charge is -2.28. The molecule has 0 spiro atoms. The van der Waals surface area contributed by atoms with Gasteiger partial charge >= 0.3 is 6.03 Å². The Morgan fingerprint density at radius 3 is 2.52 bits per heavy atom. The van der Waals surface area contributed by atoms with Gasteiger partial charge in [0.1, 0.15) is 11.6 Å². The van der Waals surface area contributed by atoms with Gasteiger partial charge in [-0.05, 0) is 29.3 Å². The van der Waals surface area contributed by atoms with Gasteiger partial charge in [0.05, 0.1) is 13.2 Å². The van der Waals surface area contributed by atoms with Crippen LogP contribution in [-0.4, -0.2) is 56.4 Å². The molecule has 0 aromatic carbocycles. The number of rotatable bonds is 6. The molecular weight excluding hydrogens is 344 g/mol. The molecule has 3 heterocycles. The second-order valence-corrected chi connectivity index (χ2v) is 6.58. The molecular formula is C19H26N6O2. The van der Waals surface area contributed by atoms with Gasteiger partial charge in [-0.2, -0.15) is 0 Å². The van der Waals surface area contributed by atoms with Gasteiger partial charge in [-0.1, -0.05) is 6.07 Å². The molecule has 0 saturated carbocycles. The molecule has 8 nitrogen and oxygen atoms in total. The Kier molecular flexibility index (Phi) is 6.43. The normalized spacial score (nSPS) is 13.9. The van der Waals surface area contributed by atoms with Crippen molar-refractivity contribution in [1.29, 1.82) is 0 Å². The molecule has 2 aromatic heterocycles. The third kappa shape index (κ3) is 5.55. The summed E-state index contributed by atoms with van der Waals surface area (Å²) in [4.78, 5) is 24.9. The minimum Gasteiger partial charge on any atom is -0.378 e. The van der Waals surface area contributed by atoms with Crippen LogP contribution in [0.3, 0.4) is 0 Å². The average molecular weight is 370 g/mol. The maximum Gasteiger partial charge on any atom is 0.315 e. The highest BCUT2D eigenvalue weighted by atomic mass is 16.5. The molecule has 3 rings (SSSR count). The minimum atomic E-state index is -0.212. The summed E-state index contributed by atoms with van der Waals surface area (Å²) >= 11 is 0. The number of carbonyl (C=O) groups is 1. The van der Waals surface area contributed by atoms with E-state index >= 15 is 0 Å². The number of nitrogens with one attached hydrogen (secondary N) is 2. The molecule has 1 saturated heterocycles. The molecule has 0 unspecified atom stereocenters. The summed E-state index contributed by atoms with van der Waals surface area (Å²) in [6, 6.07) is 7.60. The third-order valence-electron chi connectivity index (χ3n) is 4.32. The zero-order chi connectivity index (χ0) is 19.1. The fraction of sp³-hybridized carbons (Fsp3) is 0.421. The summed E-state index contributed by atoms with van der Waals surface area (Å²) in [7, 11) is 3.88. The van der Waals surface area contributed by atoms with Crippen molar-refractivity contribution in [2.45, 2.75) is 13.1 Å². The summed E-state index contributed by atoms with van der Waals surface area (Å²) in [6.07, 6.45) is 3.55. The summed E-state index contributed by atoms with van der Waals surface area (Å²) < 4.78 is 5.37. The van der Waals surface area contributed by atoms with E-state index in [9.17, 15) is 4.79 Å². The number of hydrogen-bond acceptors (Lipinski definition) is 6. The van der Waals surface area contributed by atoms with Crippen molar-refractivity contribution >= 4 is 17.7 Å². The second kappa shape index (κ2) is 9.18.